The number of fused-ring (bicyclic) bond motifs is 3. The van der Waals surface area contributed by atoms with Gasteiger partial charge in [0.05, 0.1) is 5.69 Å². The molecule has 0 spiro atoms. The predicted octanol–water partition coefficient (Wildman–Crippen LogP) is 5.32. The molecule has 3 aromatic carbocycles. The van der Waals surface area contributed by atoms with Crippen LogP contribution in [0.2, 0.25) is 10.0 Å². The number of carbonyl (C=O) groups excluding carboxylic acids is 1. The minimum Gasteiger partial charge on any atom is -0.456 e. The van der Waals surface area contributed by atoms with Crippen molar-refractivity contribution in [2.75, 3.05) is 38.7 Å². The fourth-order valence-corrected chi connectivity index (χ4v) is 4.92. The average Bonchev–Trinajstić information content (AvgIpc) is 3.18. The lowest BCUT2D eigenvalue weighted by Crippen LogP contribution is -2.50. The molecule has 1 aromatic heterocycles. The number of amides is 1. The number of anilines is 1. The summed E-state index contributed by atoms with van der Waals surface area (Å²) < 4.78 is 6.25. The Morgan fingerprint density at radius 2 is 1.64 bits per heavy atom. The summed E-state index contributed by atoms with van der Waals surface area (Å²) in [4.78, 5) is 18.1. The lowest BCUT2D eigenvalue weighted by atomic mass is 10.0. The monoisotopic (exact) mass is 482 g/mol. The molecular weight excluding hydrogens is 459 g/mol. The molecule has 0 saturated carbocycles. The number of hydrogen-bond donors (Lipinski definition) is 2. The first-order valence-electron chi connectivity index (χ1n) is 10.8. The SMILES string of the molecule is CN1CCN(C(C(=O)NNc2cc(Cl)cc(Cl)c2)c2cccc3c2oc2ccccc23)CC1. The van der Waals surface area contributed by atoms with Crippen LogP contribution in [0.25, 0.3) is 21.9 Å². The number of halogens is 2. The number of hydrazine groups is 1. The van der Waals surface area contributed by atoms with Crippen LogP contribution in [0.5, 0.6) is 0 Å². The Kier molecular flexibility index (Phi) is 6.17. The van der Waals surface area contributed by atoms with Gasteiger partial charge in [-0.2, -0.15) is 0 Å². The zero-order valence-electron chi connectivity index (χ0n) is 18.1. The number of benzene rings is 3. The van der Waals surface area contributed by atoms with Gasteiger partial charge in [0, 0.05) is 52.6 Å². The maximum absolute atomic E-state index is 13.6. The van der Waals surface area contributed by atoms with E-state index in [2.05, 4.69) is 27.7 Å². The van der Waals surface area contributed by atoms with Crippen LogP contribution in [0.4, 0.5) is 5.69 Å². The third-order valence-electron chi connectivity index (χ3n) is 6.07. The van der Waals surface area contributed by atoms with Crippen LogP contribution < -0.4 is 10.9 Å². The molecule has 4 aromatic rings. The largest absolute Gasteiger partial charge is 0.456 e. The van der Waals surface area contributed by atoms with Crippen molar-refractivity contribution in [2.24, 2.45) is 0 Å². The molecule has 170 valence electrons. The van der Waals surface area contributed by atoms with E-state index in [1.807, 2.05) is 42.5 Å². The van der Waals surface area contributed by atoms with E-state index in [1.165, 1.54) is 0 Å². The zero-order valence-corrected chi connectivity index (χ0v) is 19.7. The molecule has 2 heterocycles. The van der Waals surface area contributed by atoms with Gasteiger partial charge in [0.15, 0.2) is 0 Å². The molecule has 1 unspecified atom stereocenters. The molecule has 1 atom stereocenters. The number of carbonyl (C=O) groups is 1. The second kappa shape index (κ2) is 9.23. The molecule has 33 heavy (non-hydrogen) atoms. The van der Waals surface area contributed by atoms with E-state index in [-0.39, 0.29) is 5.91 Å². The third kappa shape index (κ3) is 4.52. The van der Waals surface area contributed by atoms with E-state index in [0.717, 1.165) is 53.7 Å². The Balaban J connectivity index is 1.51. The molecule has 1 saturated heterocycles. The van der Waals surface area contributed by atoms with E-state index in [1.54, 1.807) is 18.2 Å². The lowest BCUT2D eigenvalue weighted by Gasteiger charge is -2.37. The lowest BCUT2D eigenvalue weighted by molar-refractivity contribution is -0.126. The first kappa shape index (κ1) is 22.0. The fraction of sp³-hybridized carbons (Fsp3) is 0.240. The van der Waals surface area contributed by atoms with Gasteiger partial charge in [-0.1, -0.05) is 59.6 Å². The number of furan rings is 1. The van der Waals surface area contributed by atoms with Gasteiger partial charge in [0.1, 0.15) is 17.2 Å². The van der Waals surface area contributed by atoms with Crippen molar-refractivity contribution >= 4 is 56.7 Å². The van der Waals surface area contributed by atoms with E-state index in [9.17, 15) is 4.79 Å². The van der Waals surface area contributed by atoms with Crippen LogP contribution in [0, 0.1) is 0 Å². The van der Waals surface area contributed by atoms with Crippen molar-refractivity contribution in [3.8, 4) is 0 Å². The Bertz CT molecular complexity index is 1290. The average molecular weight is 483 g/mol. The zero-order chi connectivity index (χ0) is 22.9. The summed E-state index contributed by atoms with van der Waals surface area (Å²) >= 11 is 12.2. The molecule has 5 rings (SSSR count). The van der Waals surface area contributed by atoms with Gasteiger partial charge >= 0.3 is 0 Å². The van der Waals surface area contributed by atoms with Crippen molar-refractivity contribution in [2.45, 2.75) is 6.04 Å². The highest BCUT2D eigenvalue weighted by Gasteiger charge is 2.32. The number of piperazine rings is 1. The van der Waals surface area contributed by atoms with Crippen LogP contribution >= 0.6 is 23.2 Å². The van der Waals surface area contributed by atoms with Crippen LogP contribution in [-0.2, 0) is 4.79 Å². The number of hydrogen-bond acceptors (Lipinski definition) is 5. The van der Waals surface area contributed by atoms with Gasteiger partial charge in [-0.05, 0) is 31.3 Å². The molecule has 0 aliphatic carbocycles. The molecule has 8 heteroatoms. The van der Waals surface area contributed by atoms with Gasteiger partial charge in [-0.15, -0.1) is 0 Å². The van der Waals surface area contributed by atoms with Gasteiger partial charge in [-0.3, -0.25) is 20.5 Å². The second-order valence-corrected chi connectivity index (χ2v) is 9.21. The van der Waals surface area contributed by atoms with Crippen molar-refractivity contribution in [3.05, 3.63) is 76.3 Å². The van der Waals surface area contributed by atoms with Crippen LogP contribution in [-0.4, -0.2) is 48.9 Å². The molecule has 0 bridgehead atoms. The van der Waals surface area contributed by atoms with Gasteiger partial charge in [0.2, 0.25) is 0 Å². The molecule has 0 radical (unpaired) electrons. The molecule has 1 fully saturated rings. The topological polar surface area (TPSA) is 60.8 Å². The summed E-state index contributed by atoms with van der Waals surface area (Å²) in [7, 11) is 2.09. The quantitative estimate of drug-likeness (QED) is 0.376. The standard InChI is InChI=1S/C25H24Cl2N4O2/c1-30-9-11-31(12-10-30)23(25(32)29-28-18-14-16(26)13-17(27)15-18)21-7-4-6-20-19-5-2-3-8-22(19)33-24(20)21/h2-8,13-15,23,28H,9-12H2,1H3,(H,29,32). The first-order chi connectivity index (χ1) is 16.0. The number of likely N-dealkylation sites (N-methyl/N-ethyl adjacent to an activating group) is 1. The summed E-state index contributed by atoms with van der Waals surface area (Å²) in [5.41, 5.74) is 8.82. The van der Waals surface area contributed by atoms with Crippen LogP contribution in [0.3, 0.4) is 0 Å². The van der Waals surface area contributed by atoms with E-state index in [4.69, 9.17) is 27.6 Å². The van der Waals surface area contributed by atoms with Crippen molar-refractivity contribution in [1.82, 2.24) is 15.2 Å². The maximum Gasteiger partial charge on any atom is 0.260 e. The normalized spacial score (nSPS) is 16.2. The third-order valence-corrected chi connectivity index (χ3v) is 6.51. The summed E-state index contributed by atoms with van der Waals surface area (Å²) in [6.45, 7) is 3.32. The highest BCUT2D eigenvalue weighted by molar-refractivity contribution is 6.35. The van der Waals surface area contributed by atoms with Gasteiger partial charge in [-0.25, -0.2) is 0 Å². The highest BCUT2D eigenvalue weighted by atomic mass is 35.5. The second-order valence-electron chi connectivity index (χ2n) is 8.34. The number of rotatable bonds is 5. The number of nitrogens with zero attached hydrogens (tertiary/aromatic N) is 2. The number of para-hydroxylation sites is 2. The summed E-state index contributed by atoms with van der Waals surface area (Å²) in [5, 5.41) is 3.02. The summed E-state index contributed by atoms with van der Waals surface area (Å²) in [5.74, 6) is -0.177. The van der Waals surface area contributed by atoms with E-state index in [0.29, 0.717) is 15.7 Å². The van der Waals surface area contributed by atoms with Crippen molar-refractivity contribution < 1.29 is 9.21 Å². The predicted molar refractivity (Wildman–Crippen MR) is 134 cm³/mol. The van der Waals surface area contributed by atoms with Gasteiger partial charge in [0.25, 0.3) is 5.91 Å². The Morgan fingerprint density at radius 3 is 2.39 bits per heavy atom. The maximum atomic E-state index is 13.6. The van der Waals surface area contributed by atoms with Crippen LogP contribution in [0.1, 0.15) is 11.6 Å². The van der Waals surface area contributed by atoms with Crippen molar-refractivity contribution in [1.29, 1.82) is 0 Å². The first-order valence-corrected chi connectivity index (χ1v) is 11.6. The Morgan fingerprint density at radius 1 is 0.939 bits per heavy atom. The number of nitrogens with one attached hydrogen (secondary N) is 2. The summed E-state index contributed by atoms with van der Waals surface area (Å²) in [6.07, 6.45) is 0. The Labute approximate surface area is 202 Å². The molecule has 1 aliphatic heterocycles. The molecule has 2 N–H and O–H groups in total. The summed E-state index contributed by atoms with van der Waals surface area (Å²) in [6, 6.07) is 18.5. The Hall–Kier alpha value is -2.77. The molecular formula is C25H24Cl2N4O2. The van der Waals surface area contributed by atoms with Crippen molar-refractivity contribution in [3.63, 3.8) is 0 Å². The molecule has 1 amide bonds. The van der Waals surface area contributed by atoms with E-state index >= 15 is 0 Å². The van der Waals surface area contributed by atoms with E-state index < -0.39 is 6.04 Å². The van der Waals surface area contributed by atoms with Crippen LogP contribution in [0.15, 0.2) is 65.1 Å². The minimum absolute atomic E-state index is 0.177. The van der Waals surface area contributed by atoms with Gasteiger partial charge < -0.3 is 9.32 Å². The smallest absolute Gasteiger partial charge is 0.260 e. The molecule has 6 nitrogen and oxygen atoms in total. The minimum atomic E-state index is -0.523. The molecule has 1 aliphatic rings. The fourth-order valence-electron chi connectivity index (χ4n) is 4.40. The highest BCUT2D eigenvalue weighted by Crippen LogP contribution is 2.35.